The second-order valence-corrected chi connectivity index (χ2v) is 22.0. The average Bonchev–Trinajstić information content (AvgIpc) is 3.23. The molecule has 0 aliphatic carbocycles. The number of nitrogens with zero attached hydrogens (tertiary/aromatic N) is 2. The molecule has 0 atom stereocenters. The van der Waals surface area contributed by atoms with Crippen molar-refractivity contribution in [2.24, 2.45) is 10.8 Å². The first-order valence-electron chi connectivity index (χ1n) is 13.9. The zero-order valence-corrected chi connectivity index (χ0v) is 27.5. The van der Waals surface area contributed by atoms with Crippen LogP contribution >= 0.6 is 15.3 Å². The maximum absolute atomic E-state index is 6.89. The normalized spacial score (nSPS) is 39.6. The van der Waals surface area contributed by atoms with Gasteiger partial charge in [0.25, 0.3) is 0 Å². The standard InChI is InChI=1S/C26H52N2O8P2/c1-21(2)17-29-37(27(13-23(5,6)33-37)14-24(7,8)34-37)31-19-22(3,4)20-32-38(30-18-21)28(15-25(9,10)35-38)16-26(11,12)36-38/h13-20H2,1-12H3. The van der Waals surface area contributed by atoms with E-state index >= 15 is 0 Å². The molecule has 0 aromatic heterocycles. The van der Waals surface area contributed by atoms with Crippen LogP contribution in [0.4, 0.5) is 0 Å². The molecule has 0 aromatic carbocycles. The van der Waals surface area contributed by atoms with Gasteiger partial charge in [-0.3, -0.25) is 0 Å². The van der Waals surface area contributed by atoms with Crippen molar-refractivity contribution < 1.29 is 36.2 Å². The third kappa shape index (κ3) is 4.93. The third-order valence-corrected chi connectivity index (χ3v) is 15.3. The summed E-state index contributed by atoms with van der Waals surface area (Å²) in [5, 5.41) is 0. The predicted molar refractivity (Wildman–Crippen MR) is 149 cm³/mol. The summed E-state index contributed by atoms with van der Waals surface area (Å²) >= 11 is 0. The molecule has 5 aliphatic rings. The Bertz CT molecular complexity index is 852. The van der Waals surface area contributed by atoms with Gasteiger partial charge in [0.2, 0.25) is 0 Å². The van der Waals surface area contributed by atoms with E-state index in [1.807, 2.05) is 0 Å². The molecule has 5 heterocycles. The number of rotatable bonds is 0. The van der Waals surface area contributed by atoms with Crippen molar-refractivity contribution in [3.05, 3.63) is 0 Å². The van der Waals surface area contributed by atoms with Crippen LogP contribution in [0.25, 0.3) is 0 Å². The second kappa shape index (κ2) is 8.09. The zero-order valence-electron chi connectivity index (χ0n) is 25.7. The van der Waals surface area contributed by atoms with Crippen LogP contribution in [-0.2, 0) is 36.2 Å². The molecule has 0 aromatic rings. The van der Waals surface area contributed by atoms with Crippen LogP contribution in [0.5, 0.6) is 0 Å². The van der Waals surface area contributed by atoms with E-state index < -0.39 is 48.6 Å². The molecule has 0 unspecified atom stereocenters. The van der Waals surface area contributed by atoms with E-state index in [9.17, 15) is 0 Å². The van der Waals surface area contributed by atoms with E-state index in [4.69, 9.17) is 36.2 Å². The first kappa shape index (κ1) is 29.9. The van der Waals surface area contributed by atoms with Crippen LogP contribution in [0.1, 0.15) is 83.1 Å². The summed E-state index contributed by atoms with van der Waals surface area (Å²) in [6.07, 6.45) is 0. The fourth-order valence-corrected chi connectivity index (χ4v) is 16.0. The van der Waals surface area contributed by atoms with Crippen molar-refractivity contribution in [2.75, 3.05) is 52.6 Å². The molecule has 5 fully saturated rings. The van der Waals surface area contributed by atoms with Crippen molar-refractivity contribution >= 4 is 15.3 Å². The Hall–Kier alpha value is 0.460. The summed E-state index contributed by atoms with van der Waals surface area (Å²) in [6, 6.07) is 0. The Kier molecular flexibility index (Phi) is 6.37. The Morgan fingerprint density at radius 1 is 0.395 bits per heavy atom. The van der Waals surface area contributed by atoms with Gasteiger partial charge in [-0.2, -0.15) is 0 Å². The molecular weight excluding hydrogens is 530 g/mol. The van der Waals surface area contributed by atoms with Gasteiger partial charge in [-0.25, -0.2) is 0 Å². The summed E-state index contributed by atoms with van der Waals surface area (Å²) in [7, 11) is -8.25. The van der Waals surface area contributed by atoms with E-state index in [1.54, 1.807) is 0 Å². The Morgan fingerprint density at radius 2 is 0.605 bits per heavy atom. The molecule has 2 spiro atoms. The molecule has 5 saturated heterocycles. The first-order valence-corrected chi connectivity index (χ1v) is 17.6. The van der Waals surface area contributed by atoms with E-state index in [0.717, 1.165) is 0 Å². The Morgan fingerprint density at radius 3 is 0.816 bits per heavy atom. The van der Waals surface area contributed by atoms with Crippen LogP contribution in [0.15, 0.2) is 0 Å². The van der Waals surface area contributed by atoms with Crippen molar-refractivity contribution in [3.63, 3.8) is 0 Å². The second-order valence-electron chi connectivity index (χ2n) is 16.0. The Balaban J connectivity index is 1.54. The molecular formula is C26H52N2O8P2. The molecule has 0 radical (unpaired) electrons. The van der Waals surface area contributed by atoms with Crippen molar-refractivity contribution in [2.45, 2.75) is 105 Å². The minimum absolute atomic E-state index is 0.299. The van der Waals surface area contributed by atoms with Gasteiger partial charge >= 0.3 is 230 Å². The maximum atomic E-state index is 6.89. The summed E-state index contributed by atoms with van der Waals surface area (Å²) in [4.78, 5) is 0. The first-order chi connectivity index (χ1) is 16.9. The minimum atomic E-state index is -4.12. The molecule has 0 saturated carbocycles. The fraction of sp³-hybridized carbons (Fsp3) is 1.00. The van der Waals surface area contributed by atoms with Gasteiger partial charge in [0.15, 0.2) is 0 Å². The van der Waals surface area contributed by atoms with Crippen LogP contribution in [0.3, 0.4) is 0 Å². The van der Waals surface area contributed by atoms with Gasteiger partial charge in [-0.05, 0) is 0 Å². The van der Waals surface area contributed by atoms with Crippen molar-refractivity contribution in [1.82, 2.24) is 9.34 Å². The topological polar surface area (TPSA) is 80.3 Å². The monoisotopic (exact) mass is 582 g/mol. The zero-order chi connectivity index (χ0) is 28.4. The third-order valence-electron chi connectivity index (χ3n) is 7.46. The molecule has 5 rings (SSSR count). The summed E-state index contributed by atoms with van der Waals surface area (Å²) in [5.41, 5.74) is -2.83. The van der Waals surface area contributed by atoms with E-state index in [2.05, 4.69) is 92.4 Å². The van der Waals surface area contributed by atoms with Crippen molar-refractivity contribution in [1.29, 1.82) is 0 Å². The number of hydrogen-bond acceptors (Lipinski definition) is 10. The van der Waals surface area contributed by atoms with Gasteiger partial charge in [-0.15, -0.1) is 0 Å². The van der Waals surface area contributed by atoms with Gasteiger partial charge < -0.3 is 0 Å². The molecule has 38 heavy (non-hydrogen) atoms. The molecule has 12 heteroatoms. The number of hydrogen-bond donors (Lipinski definition) is 0. The van der Waals surface area contributed by atoms with Gasteiger partial charge in [0, 0.05) is 0 Å². The molecule has 0 N–H and O–H groups in total. The molecule has 5 aliphatic heterocycles. The predicted octanol–water partition coefficient (Wildman–Crippen LogP) is 6.21. The molecule has 10 nitrogen and oxygen atoms in total. The van der Waals surface area contributed by atoms with E-state index in [1.165, 1.54) is 0 Å². The summed E-state index contributed by atoms with van der Waals surface area (Å²) in [5.74, 6) is 0. The molecule has 224 valence electrons. The SMILES string of the molecule is CC1(C)COP23(OCC(C)(C)COP45(OC1)OC(C)(C)CN4CC(C)(C)O5)OC(C)(C)CN2CC(C)(C)O3. The van der Waals surface area contributed by atoms with Crippen LogP contribution in [0.2, 0.25) is 0 Å². The average molecular weight is 583 g/mol. The van der Waals surface area contributed by atoms with Gasteiger partial charge in [0.1, 0.15) is 0 Å². The van der Waals surface area contributed by atoms with E-state index in [-0.39, 0.29) is 0 Å². The molecule has 0 bridgehead atoms. The summed E-state index contributed by atoms with van der Waals surface area (Å²) < 4.78 is 59.1. The van der Waals surface area contributed by atoms with E-state index in [0.29, 0.717) is 52.6 Å². The van der Waals surface area contributed by atoms with Crippen molar-refractivity contribution in [3.8, 4) is 0 Å². The fourth-order valence-electron chi connectivity index (χ4n) is 6.19. The van der Waals surface area contributed by atoms with Gasteiger partial charge in [0.05, 0.1) is 0 Å². The van der Waals surface area contributed by atoms with Crippen LogP contribution in [0, 0.1) is 10.8 Å². The summed E-state index contributed by atoms with van der Waals surface area (Å²) in [6.45, 7) is 28.8. The quantitative estimate of drug-likeness (QED) is 0.307. The van der Waals surface area contributed by atoms with Gasteiger partial charge in [-0.1, -0.05) is 0 Å². The molecule has 0 amide bonds. The van der Waals surface area contributed by atoms with Crippen LogP contribution in [-0.4, -0.2) is 84.4 Å². The Labute approximate surface area is 229 Å². The van der Waals surface area contributed by atoms with Crippen LogP contribution < -0.4 is 0 Å².